The highest BCUT2D eigenvalue weighted by molar-refractivity contribution is 6.05. The molecule has 0 radical (unpaired) electrons. The highest BCUT2D eigenvalue weighted by atomic mass is 16.7. The van der Waals surface area contributed by atoms with Gasteiger partial charge < -0.3 is 25.2 Å². The Balaban J connectivity index is 1.55. The molecule has 0 aliphatic heterocycles. The van der Waals surface area contributed by atoms with Gasteiger partial charge in [-0.2, -0.15) is 0 Å². The summed E-state index contributed by atoms with van der Waals surface area (Å²) in [6.07, 6.45) is 2.47. The molecule has 0 saturated heterocycles. The summed E-state index contributed by atoms with van der Waals surface area (Å²) >= 11 is 0. The minimum Gasteiger partial charge on any atom is -0.392 e. The number of pyridine rings is 2. The highest BCUT2D eigenvalue weighted by Crippen LogP contribution is 2.34. The minimum absolute atomic E-state index is 0.138. The van der Waals surface area contributed by atoms with E-state index in [0.29, 0.717) is 22.5 Å². The second-order valence-corrected chi connectivity index (χ2v) is 8.85. The molecule has 0 fully saturated rings. The third-order valence-corrected chi connectivity index (χ3v) is 6.41. The summed E-state index contributed by atoms with van der Waals surface area (Å²) in [6.45, 7) is 3.72. The Morgan fingerprint density at radius 3 is 1.69 bits per heavy atom. The molecule has 4 rings (SSSR count). The molecule has 9 nitrogen and oxygen atoms in total. The van der Waals surface area contributed by atoms with Crippen molar-refractivity contribution < 1.29 is 24.2 Å². The summed E-state index contributed by atoms with van der Waals surface area (Å²) in [5, 5.41) is 15.1. The van der Waals surface area contributed by atoms with Crippen molar-refractivity contribution in [3.63, 3.8) is 0 Å². The van der Waals surface area contributed by atoms with Crippen LogP contribution in [-0.2, 0) is 16.1 Å². The number of nitrogens with zero attached hydrogens (tertiary/aromatic N) is 2. The average molecular weight is 527 g/mol. The molecule has 2 aromatic carbocycles. The predicted octanol–water partition coefficient (Wildman–Crippen LogP) is 5.05. The van der Waals surface area contributed by atoms with Crippen molar-refractivity contribution in [3.8, 4) is 11.1 Å². The van der Waals surface area contributed by atoms with Gasteiger partial charge in [0.05, 0.1) is 6.61 Å². The van der Waals surface area contributed by atoms with Gasteiger partial charge in [0.25, 0.3) is 11.8 Å². The van der Waals surface area contributed by atoms with Gasteiger partial charge in [-0.15, -0.1) is 0 Å². The number of anilines is 2. The van der Waals surface area contributed by atoms with Crippen LogP contribution in [0.15, 0.2) is 73.1 Å². The molecular formula is C30H30N4O5. The molecule has 0 unspecified atom stereocenters. The maximum atomic E-state index is 12.9. The number of aromatic nitrogens is 2. The number of carbonyl (C=O) groups is 2. The largest absolute Gasteiger partial charge is 0.392 e. The van der Waals surface area contributed by atoms with Crippen molar-refractivity contribution in [2.24, 2.45) is 0 Å². The van der Waals surface area contributed by atoms with Gasteiger partial charge in [0.1, 0.15) is 11.4 Å². The van der Waals surface area contributed by atoms with Crippen LogP contribution in [-0.4, -0.2) is 41.1 Å². The van der Waals surface area contributed by atoms with Crippen molar-refractivity contribution in [2.75, 3.05) is 24.9 Å². The molecule has 39 heavy (non-hydrogen) atoms. The van der Waals surface area contributed by atoms with Crippen LogP contribution in [0.4, 0.5) is 11.4 Å². The Bertz CT molecular complexity index is 1470. The summed E-state index contributed by atoms with van der Waals surface area (Å²) < 4.78 is 10.5. The summed E-state index contributed by atoms with van der Waals surface area (Å²) in [5.41, 5.74) is 6.71. The third-order valence-electron chi connectivity index (χ3n) is 6.41. The summed E-state index contributed by atoms with van der Waals surface area (Å²) in [4.78, 5) is 34.1. The number of aliphatic hydroxyl groups excluding tert-OH is 1. The molecule has 2 amide bonds. The second-order valence-electron chi connectivity index (χ2n) is 8.85. The molecule has 0 spiro atoms. The maximum Gasteiger partial charge on any atom is 0.274 e. The van der Waals surface area contributed by atoms with Gasteiger partial charge in [-0.3, -0.25) is 19.6 Å². The zero-order valence-electron chi connectivity index (χ0n) is 22.2. The molecule has 9 heteroatoms. The molecule has 0 saturated carbocycles. The number of amides is 2. The first-order valence-corrected chi connectivity index (χ1v) is 12.3. The van der Waals surface area contributed by atoms with Crippen molar-refractivity contribution in [3.05, 3.63) is 107 Å². The van der Waals surface area contributed by atoms with Gasteiger partial charge in [-0.25, -0.2) is 0 Å². The minimum atomic E-state index is -0.555. The van der Waals surface area contributed by atoms with E-state index in [-0.39, 0.29) is 29.8 Å². The van der Waals surface area contributed by atoms with E-state index in [4.69, 9.17) is 9.47 Å². The van der Waals surface area contributed by atoms with Crippen LogP contribution < -0.4 is 10.6 Å². The number of carbonyl (C=O) groups excluding carboxylic acids is 2. The summed E-state index contributed by atoms with van der Waals surface area (Å²) in [6, 6.07) is 17.9. The first-order valence-electron chi connectivity index (χ1n) is 12.3. The normalized spacial score (nSPS) is 10.9. The van der Waals surface area contributed by atoms with Gasteiger partial charge >= 0.3 is 0 Å². The number of benzene rings is 2. The lowest BCUT2D eigenvalue weighted by Gasteiger charge is -2.17. The van der Waals surface area contributed by atoms with Crippen LogP contribution in [0.3, 0.4) is 0 Å². The van der Waals surface area contributed by atoms with Crippen molar-refractivity contribution >= 4 is 23.2 Å². The Hall–Kier alpha value is -4.44. The fraction of sp³-hybridized carbons (Fsp3) is 0.200. The fourth-order valence-electron chi connectivity index (χ4n) is 4.20. The molecule has 2 heterocycles. The van der Waals surface area contributed by atoms with Gasteiger partial charge in [-0.1, -0.05) is 36.4 Å². The van der Waals surface area contributed by atoms with Crippen molar-refractivity contribution in [2.45, 2.75) is 26.7 Å². The summed E-state index contributed by atoms with van der Waals surface area (Å²) in [5.74, 6) is -0.691. The number of nitrogens with one attached hydrogen (secondary N) is 2. The number of methoxy groups -OCH3 is 2. The second kappa shape index (κ2) is 12.4. The monoisotopic (exact) mass is 526 g/mol. The molecule has 200 valence electrons. The predicted molar refractivity (Wildman–Crippen MR) is 148 cm³/mol. The van der Waals surface area contributed by atoms with Gasteiger partial charge in [-0.05, 0) is 65.9 Å². The van der Waals surface area contributed by atoms with E-state index in [1.165, 1.54) is 20.4 Å². The van der Waals surface area contributed by atoms with E-state index in [1.807, 2.05) is 50.2 Å². The van der Waals surface area contributed by atoms with E-state index in [9.17, 15) is 14.7 Å². The number of aliphatic hydroxyl groups is 1. The Morgan fingerprint density at radius 1 is 0.769 bits per heavy atom. The number of hydrogen-bond acceptors (Lipinski definition) is 7. The van der Waals surface area contributed by atoms with E-state index in [0.717, 1.165) is 22.3 Å². The SMILES string of the molecule is COC(OC)c1ccc(C(=O)Nc2cccc(-c3cccc(NC(=O)c4ccc(CO)cn4)c3C)c2C)nc1. The van der Waals surface area contributed by atoms with Crippen LogP contribution in [0.5, 0.6) is 0 Å². The van der Waals surface area contributed by atoms with Gasteiger partial charge in [0.15, 0.2) is 6.29 Å². The average Bonchev–Trinajstić information content (AvgIpc) is 2.96. The molecule has 0 aliphatic carbocycles. The van der Waals surface area contributed by atoms with E-state index < -0.39 is 6.29 Å². The van der Waals surface area contributed by atoms with Crippen molar-refractivity contribution in [1.29, 1.82) is 0 Å². The van der Waals surface area contributed by atoms with E-state index in [2.05, 4.69) is 20.6 Å². The van der Waals surface area contributed by atoms with Crippen LogP contribution in [0.25, 0.3) is 11.1 Å². The Morgan fingerprint density at radius 2 is 1.28 bits per heavy atom. The van der Waals surface area contributed by atoms with Gasteiger partial charge in [0, 0.05) is 43.6 Å². The molecule has 0 atom stereocenters. The number of rotatable bonds is 9. The lowest BCUT2D eigenvalue weighted by Crippen LogP contribution is -2.15. The molecule has 4 aromatic rings. The molecular weight excluding hydrogens is 496 g/mol. The van der Waals surface area contributed by atoms with E-state index >= 15 is 0 Å². The lowest BCUT2D eigenvalue weighted by molar-refractivity contribution is -0.106. The smallest absolute Gasteiger partial charge is 0.274 e. The lowest BCUT2D eigenvalue weighted by atomic mass is 9.94. The Kier molecular flexibility index (Phi) is 8.77. The topological polar surface area (TPSA) is 123 Å². The molecule has 2 aromatic heterocycles. The first kappa shape index (κ1) is 27.6. The summed E-state index contributed by atoms with van der Waals surface area (Å²) in [7, 11) is 3.06. The standard InChI is InChI=1S/C30H30N4O5/c1-18-22(7-5-9-24(18)33-28(36)26-13-11-20(17-35)15-31-26)23-8-6-10-25(19(23)2)34-29(37)27-14-12-21(16-32-27)30(38-3)39-4/h5-16,30,35H,17H2,1-4H3,(H,33,36)(H,34,37). The van der Waals surface area contributed by atoms with Crippen LogP contribution in [0.2, 0.25) is 0 Å². The zero-order chi connectivity index (χ0) is 27.9. The fourth-order valence-corrected chi connectivity index (χ4v) is 4.20. The Labute approximate surface area is 226 Å². The third kappa shape index (κ3) is 6.18. The highest BCUT2D eigenvalue weighted by Gasteiger charge is 2.16. The van der Waals surface area contributed by atoms with Crippen LogP contribution in [0, 0.1) is 13.8 Å². The number of hydrogen-bond donors (Lipinski definition) is 3. The van der Waals surface area contributed by atoms with Crippen LogP contribution >= 0.6 is 0 Å². The molecule has 3 N–H and O–H groups in total. The maximum absolute atomic E-state index is 12.9. The van der Waals surface area contributed by atoms with Gasteiger partial charge in [0.2, 0.25) is 0 Å². The molecule has 0 aliphatic rings. The van der Waals surface area contributed by atoms with Crippen molar-refractivity contribution in [1.82, 2.24) is 9.97 Å². The zero-order valence-corrected chi connectivity index (χ0v) is 22.2. The first-order chi connectivity index (χ1) is 18.9. The van der Waals surface area contributed by atoms with Crippen LogP contribution in [0.1, 0.15) is 49.5 Å². The molecule has 0 bridgehead atoms. The van der Waals surface area contributed by atoms with E-state index in [1.54, 1.807) is 30.5 Å². The quantitative estimate of drug-likeness (QED) is 0.261. The number of ether oxygens (including phenoxy) is 2.